The Balaban J connectivity index is 1.60. The van der Waals surface area contributed by atoms with Gasteiger partial charge in [-0.25, -0.2) is 0 Å². The summed E-state index contributed by atoms with van der Waals surface area (Å²) in [6, 6.07) is 27.1. The van der Waals surface area contributed by atoms with Crippen molar-refractivity contribution < 1.29 is 9.59 Å². The van der Waals surface area contributed by atoms with Crippen molar-refractivity contribution in [2.24, 2.45) is 0 Å². The molecule has 0 bridgehead atoms. The zero-order chi connectivity index (χ0) is 24.5. The summed E-state index contributed by atoms with van der Waals surface area (Å²) in [5.41, 5.74) is 3.10. The molecule has 3 aromatic carbocycles. The van der Waals surface area contributed by atoms with E-state index in [1.165, 1.54) is 0 Å². The van der Waals surface area contributed by atoms with Gasteiger partial charge in [-0.2, -0.15) is 0 Å². The van der Waals surface area contributed by atoms with Crippen molar-refractivity contribution in [3.05, 3.63) is 107 Å². The molecule has 4 rings (SSSR count). The van der Waals surface area contributed by atoms with Crippen LogP contribution in [0.4, 0.5) is 0 Å². The zero-order valence-electron chi connectivity index (χ0n) is 20.0. The maximum Gasteiger partial charge on any atom is 0.243 e. The second kappa shape index (κ2) is 12.6. The molecule has 35 heavy (non-hydrogen) atoms. The van der Waals surface area contributed by atoms with Crippen LogP contribution in [-0.4, -0.2) is 28.8 Å². The highest BCUT2D eigenvalue weighted by Gasteiger charge is 2.32. The largest absolute Gasteiger partial charge is 0.352 e. The summed E-state index contributed by atoms with van der Waals surface area (Å²) in [7, 11) is 0. The van der Waals surface area contributed by atoms with Crippen LogP contribution in [0.2, 0.25) is 5.02 Å². The summed E-state index contributed by atoms with van der Waals surface area (Å²) in [5.74, 6) is -0.0888. The minimum atomic E-state index is -0.586. The van der Waals surface area contributed by atoms with Crippen molar-refractivity contribution in [1.82, 2.24) is 10.2 Å². The molecule has 0 heterocycles. The van der Waals surface area contributed by atoms with Crippen molar-refractivity contribution in [3.63, 3.8) is 0 Å². The number of hydrogen-bond donors (Lipinski definition) is 1. The van der Waals surface area contributed by atoms with Gasteiger partial charge in [0, 0.05) is 30.5 Å². The van der Waals surface area contributed by atoms with Gasteiger partial charge in [-0.3, -0.25) is 9.59 Å². The summed E-state index contributed by atoms with van der Waals surface area (Å²) >= 11 is 6.10. The van der Waals surface area contributed by atoms with E-state index in [4.69, 9.17) is 11.6 Å². The monoisotopic (exact) mass is 488 g/mol. The van der Waals surface area contributed by atoms with Crippen LogP contribution in [0.15, 0.2) is 84.9 Å². The third kappa shape index (κ3) is 7.43. The lowest BCUT2D eigenvalue weighted by molar-refractivity contribution is -0.141. The van der Waals surface area contributed by atoms with E-state index in [1.54, 1.807) is 4.90 Å². The van der Waals surface area contributed by atoms with Crippen LogP contribution in [0.1, 0.15) is 48.8 Å². The topological polar surface area (TPSA) is 49.4 Å². The fourth-order valence-electron chi connectivity index (χ4n) is 4.75. The normalized spacial score (nSPS) is 14.4. The zero-order valence-corrected chi connectivity index (χ0v) is 20.8. The number of amides is 2. The Bertz CT molecular complexity index is 1080. The average Bonchev–Trinajstić information content (AvgIpc) is 3.40. The summed E-state index contributed by atoms with van der Waals surface area (Å²) in [6.45, 7) is 0.361. The summed E-state index contributed by atoms with van der Waals surface area (Å²) in [4.78, 5) is 29.1. The molecule has 182 valence electrons. The van der Waals surface area contributed by atoms with Gasteiger partial charge in [-0.05, 0) is 48.1 Å². The van der Waals surface area contributed by atoms with Crippen LogP contribution in [0.3, 0.4) is 0 Å². The van der Waals surface area contributed by atoms with E-state index in [2.05, 4.69) is 5.32 Å². The lowest BCUT2D eigenvalue weighted by atomic mass is 10.0. The number of nitrogens with zero attached hydrogens (tertiary/aromatic N) is 1. The highest BCUT2D eigenvalue weighted by Crippen LogP contribution is 2.21. The van der Waals surface area contributed by atoms with E-state index in [0.29, 0.717) is 30.8 Å². The molecule has 3 aromatic rings. The van der Waals surface area contributed by atoms with Crippen LogP contribution < -0.4 is 5.32 Å². The molecule has 1 fully saturated rings. The highest BCUT2D eigenvalue weighted by molar-refractivity contribution is 6.30. The number of benzene rings is 3. The lowest BCUT2D eigenvalue weighted by Crippen LogP contribution is -2.52. The van der Waals surface area contributed by atoms with Crippen molar-refractivity contribution in [2.75, 3.05) is 0 Å². The second-order valence-corrected chi connectivity index (χ2v) is 9.77. The second-order valence-electron chi connectivity index (χ2n) is 9.33. The molecular weight excluding hydrogens is 456 g/mol. The first-order chi connectivity index (χ1) is 17.1. The average molecular weight is 489 g/mol. The van der Waals surface area contributed by atoms with Gasteiger partial charge in [-0.15, -0.1) is 0 Å². The fraction of sp³-hybridized carbons (Fsp3) is 0.333. The Morgan fingerprint density at radius 1 is 0.829 bits per heavy atom. The van der Waals surface area contributed by atoms with E-state index in [-0.39, 0.29) is 17.9 Å². The smallest absolute Gasteiger partial charge is 0.243 e. The molecular formula is C30H33ClN2O2. The van der Waals surface area contributed by atoms with E-state index < -0.39 is 6.04 Å². The number of nitrogens with one attached hydrogen (secondary N) is 1. The van der Waals surface area contributed by atoms with Gasteiger partial charge in [-0.1, -0.05) is 97.2 Å². The van der Waals surface area contributed by atoms with Gasteiger partial charge in [0.1, 0.15) is 6.04 Å². The molecule has 0 radical (unpaired) electrons. The maximum absolute atomic E-state index is 13.7. The van der Waals surface area contributed by atoms with Gasteiger partial charge in [0.25, 0.3) is 0 Å². The van der Waals surface area contributed by atoms with Crippen molar-refractivity contribution in [1.29, 1.82) is 0 Å². The predicted molar refractivity (Wildman–Crippen MR) is 141 cm³/mol. The van der Waals surface area contributed by atoms with Crippen LogP contribution in [0, 0.1) is 0 Å². The Labute approximate surface area is 213 Å². The summed E-state index contributed by atoms with van der Waals surface area (Å²) < 4.78 is 0. The predicted octanol–water partition coefficient (Wildman–Crippen LogP) is 5.97. The fourth-order valence-corrected chi connectivity index (χ4v) is 4.87. The molecule has 1 atom stereocenters. The maximum atomic E-state index is 13.7. The first-order valence-electron chi connectivity index (χ1n) is 12.5. The number of aryl methyl sites for hydroxylation is 1. The van der Waals surface area contributed by atoms with Crippen LogP contribution in [0.5, 0.6) is 0 Å². The molecule has 4 nitrogen and oxygen atoms in total. The minimum Gasteiger partial charge on any atom is -0.352 e. The molecule has 1 aliphatic rings. The van der Waals surface area contributed by atoms with Crippen molar-refractivity contribution >= 4 is 23.4 Å². The van der Waals surface area contributed by atoms with Gasteiger partial charge >= 0.3 is 0 Å². The quantitative estimate of drug-likeness (QED) is 0.382. The molecule has 1 saturated carbocycles. The number of rotatable bonds is 10. The number of halogens is 1. The van der Waals surface area contributed by atoms with Gasteiger partial charge in [0.05, 0.1) is 0 Å². The van der Waals surface area contributed by atoms with Crippen molar-refractivity contribution in [3.8, 4) is 0 Å². The van der Waals surface area contributed by atoms with Crippen molar-refractivity contribution in [2.45, 2.75) is 63.6 Å². The lowest BCUT2D eigenvalue weighted by Gasteiger charge is -2.32. The van der Waals surface area contributed by atoms with E-state index in [1.807, 2.05) is 84.9 Å². The Hall–Kier alpha value is -3.11. The molecule has 0 aromatic heterocycles. The first-order valence-corrected chi connectivity index (χ1v) is 12.9. The number of hydrogen-bond acceptors (Lipinski definition) is 2. The standard InChI is InChI=1S/C30H33ClN2O2/c31-26-18-15-25(16-19-26)22-33(29(34)20-17-23-9-3-1-4-10-23)28(21-24-11-5-2-6-12-24)30(35)32-27-13-7-8-14-27/h1-6,9-12,15-16,18-19,27-28H,7-8,13-14,17,20-22H2,(H,32,35)/t28-/m1/s1. The molecule has 0 saturated heterocycles. The Kier molecular flexibility index (Phi) is 8.96. The Morgan fingerprint density at radius 3 is 2.06 bits per heavy atom. The van der Waals surface area contributed by atoms with Gasteiger partial charge in [0.15, 0.2) is 0 Å². The molecule has 0 aliphatic heterocycles. The summed E-state index contributed by atoms with van der Waals surface area (Å²) in [5, 5.41) is 3.90. The van der Waals surface area contributed by atoms with Gasteiger partial charge in [0.2, 0.25) is 11.8 Å². The minimum absolute atomic E-state index is 0.0219. The molecule has 5 heteroatoms. The third-order valence-electron chi connectivity index (χ3n) is 6.71. The molecule has 0 spiro atoms. The highest BCUT2D eigenvalue weighted by atomic mass is 35.5. The SMILES string of the molecule is O=C(NC1CCCC1)[C@@H](Cc1ccccc1)N(Cc1ccc(Cl)cc1)C(=O)CCc1ccccc1. The number of carbonyl (C=O) groups is 2. The van der Waals surface area contributed by atoms with Gasteiger partial charge < -0.3 is 10.2 Å². The molecule has 2 amide bonds. The summed E-state index contributed by atoms with van der Waals surface area (Å²) in [6.07, 6.45) is 5.74. The van der Waals surface area contributed by atoms with Crippen LogP contribution in [-0.2, 0) is 29.0 Å². The third-order valence-corrected chi connectivity index (χ3v) is 6.96. The Morgan fingerprint density at radius 2 is 1.43 bits per heavy atom. The van der Waals surface area contributed by atoms with Crippen LogP contribution >= 0.6 is 11.6 Å². The molecule has 1 aliphatic carbocycles. The molecule has 1 N–H and O–H groups in total. The van der Waals surface area contributed by atoms with E-state index >= 15 is 0 Å². The molecule has 0 unspecified atom stereocenters. The number of carbonyl (C=O) groups excluding carboxylic acids is 2. The van der Waals surface area contributed by atoms with Crippen LogP contribution in [0.25, 0.3) is 0 Å². The van der Waals surface area contributed by atoms with E-state index in [0.717, 1.165) is 42.4 Å². The van der Waals surface area contributed by atoms with E-state index in [9.17, 15) is 9.59 Å². The first kappa shape index (κ1) is 25.0.